The van der Waals surface area contributed by atoms with Gasteiger partial charge in [0, 0.05) is 12.2 Å². The molecule has 1 unspecified atom stereocenters. The van der Waals surface area contributed by atoms with Crippen LogP contribution in [0.5, 0.6) is 0 Å². The Morgan fingerprint density at radius 3 is 3.00 bits per heavy atom. The SMILES string of the molecule is CCc1cc(-c2nc3c([nH]2)CC(C)CC3)n(CC)n1. The molecule has 0 fully saturated rings. The summed E-state index contributed by atoms with van der Waals surface area (Å²) in [5, 5.41) is 4.60. The summed E-state index contributed by atoms with van der Waals surface area (Å²) >= 11 is 0. The Balaban J connectivity index is 2.00. The number of nitrogens with one attached hydrogen (secondary N) is 1. The summed E-state index contributed by atoms with van der Waals surface area (Å²) in [5.41, 5.74) is 4.85. The maximum Gasteiger partial charge on any atom is 0.156 e. The van der Waals surface area contributed by atoms with E-state index in [1.54, 1.807) is 0 Å². The average molecular weight is 258 g/mol. The van der Waals surface area contributed by atoms with Gasteiger partial charge in [-0.1, -0.05) is 13.8 Å². The van der Waals surface area contributed by atoms with Gasteiger partial charge in [0.1, 0.15) is 5.69 Å². The highest BCUT2D eigenvalue weighted by molar-refractivity contribution is 5.52. The summed E-state index contributed by atoms with van der Waals surface area (Å²) in [4.78, 5) is 8.32. The highest BCUT2D eigenvalue weighted by Gasteiger charge is 2.21. The third kappa shape index (κ3) is 2.20. The molecule has 0 aromatic carbocycles. The normalized spacial score (nSPS) is 18.6. The molecule has 4 heteroatoms. The number of rotatable bonds is 3. The third-order valence-electron chi connectivity index (χ3n) is 4.03. The van der Waals surface area contributed by atoms with Crippen molar-refractivity contribution in [3.8, 4) is 11.5 Å². The molecule has 0 radical (unpaired) electrons. The van der Waals surface area contributed by atoms with E-state index in [4.69, 9.17) is 4.98 Å². The molecule has 3 rings (SSSR count). The van der Waals surface area contributed by atoms with E-state index in [1.165, 1.54) is 17.8 Å². The highest BCUT2D eigenvalue weighted by atomic mass is 15.3. The standard InChI is InChI=1S/C15H22N4/c1-4-11-9-14(19(5-2)18-11)15-16-12-7-6-10(3)8-13(12)17-15/h9-10H,4-8H2,1-3H3,(H,16,17). The highest BCUT2D eigenvalue weighted by Crippen LogP contribution is 2.27. The molecule has 102 valence electrons. The van der Waals surface area contributed by atoms with Crippen molar-refractivity contribution >= 4 is 0 Å². The molecule has 0 aliphatic heterocycles. The van der Waals surface area contributed by atoms with Crippen LogP contribution >= 0.6 is 0 Å². The molecule has 1 aliphatic carbocycles. The number of hydrogen-bond acceptors (Lipinski definition) is 2. The van der Waals surface area contributed by atoms with Crippen LogP contribution < -0.4 is 0 Å². The van der Waals surface area contributed by atoms with Crippen molar-refractivity contribution in [1.29, 1.82) is 0 Å². The molecule has 0 bridgehead atoms. The second-order valence-corrected chi connectivity index (χ2v) is 5.55. The Morgan fingerprint density at radius 1 is 1.42 bits per heavy atom. The molecule has 1 atom stereocenters. The minimum Gasteiger partial charge on any atom is -0.340 e. The zero-order valence-corrected chi connectivity index (χ0v) is 12.0. The molecular weight excluding hydrogens is 236 g/mol. The molecule has 2 heterocycles. The van der Waals surface area contributed by atoms with Gasteiger partial charge in [0.25, 0.3) is 0 Å². The molecule has 0 saturated heterocycles. The second kappa shape index (κ2) is 4.83. The Kier molecular flexibility index (Phi) is 3.17. The van der Waals surface area contributed by atoms with E-state index < -0.39 is 0 Å². The van der Waals surface area contributed by atoms with Gasteiger partial charge in [-0.25, -0.2) is 4.98 Å². The van der Waals surface area contributed by atoms with E-state index in [0.717, 1.165) is 48.9 Å². The van der Waals surface area contributed by atoms with Crippen LogP contribution in [-0.4, -0.2) is 19.7 Å². The summed E-state index contributed by atoms with van der Waals surface area (Å²) in [7, 11) is 0. The fourth-order valence-corrected chi connectivity index (χ4v) is 2.85. The van der Waals surface area contributed by atoms with Gasteiger partial charge in [-0.3, -0.25) is 4.68 Å². The van der Waals surface area contributed by atoms with Gasteiger partial charge in [0.05, 0.1) is 11.4 Å². The minimum atomic E-state index is 0.767. The zero-order chi connectivity index (χ0) is 13.4. The summed E-state index contributed by atoms with van der Waals surface area (Å²) in [6.07, 6.45) is 4.46. The van der Waals surface area contributed by atoms with Gasteiger partial charge in [-0.05, 0) is 44.6 Å². The number of nitrogens with zero attached hydrogens (tertiary/aromatic N) is 3. The van der Waals surface area contributed by atoms with Crippen molar-refractivity contribution in [2.45, 2.75) is 53.0 Å². The molecule has 4 nitrogen and oxygen atoms in total. The van der Waals surface area contributed by atoms with Crippen LogP contribution in [0.25, 0.3) is 11.5 Å². The van der Waals surface area contributed by atoms with Crippen LogP contribution in [0.3, 0.4) is 0 Å². The Morgan fingerprint density at radius 2 is 2.26 bits per heavy atom. The van der Waals surface area contributed by atoms with Gasteiger partial charge in [-0.15, -0.1) is 0 Å². The lowest BCUT2D eigenvalue weighted by Gasteiger charge is -2.15. The zero-order valence-electron chi connectivity index (χ0n) is 12.0. The summed E-state index contributed by atoms with van der Waals surface area (Å²) in [6, 6.07) is 2.16. The van der Waals surface area contributed by atoms with Gasteiger partial charge < -0.3 is 4.98 Å². The number of aromatic nitrogens is 4. The predicted octanol–water partition coefficient (Wildman–Crippen LogP) is 2.98. The first-order valence-electron chi connectivity index (χ1n) is 7.36. The van der Waals surface area contributed by atoms with Gasteiger partial charge >= 0.3 is 0 Å². The molecule has 19 heavy (non-hydrogen) atoms. The molecule has 1 aliphatic rings. The maximum absolute atomic E-state index is 4.80. The summed E-state index contributed by atoms with van der Waals surface area (Å²) < 4.78 is 2.05. The first-order chi connectivity index (χ1) is 9.21. The maximum atomic E-state index is 4.80. The molecule has 0 saturated carbocycles. The van der Waals surface area contributed by atoms with Crippen molar-refractivity contribution in [1.82, 2.24) is 19.7 Å². The molecule has 0 spiro atoms. The first-order valence-corrected chi connectivity index (χ1v) is 7.36. The van der Waals surface area contributed by atoms with E-state index in [-0.39, 0.29) is 0 Å². The molecule has 0 amide bonds. The lowest BCUT2D eigenvalue weighted by Crippen LogP contribution is -2.10. The number of hydrogen-bond donors (Lipinski definition) is 1. The van der Waals surface area contributed by atoms with Crippen LogP contribution in [-0.2, 0) is 25.8 Å². The lowest BCUT2D eigenvalue weighted by molar-refractivity contribution is 0.492. The summed E-state index contributed by atoms with van der Waals surface area (Å²) in [6.45, 7) is 7.47. The van der Waals surface area contributed by atoms with Crippen LogP contribution in [0.2, 0.25) is 0 Å². The molecule has 1 N–H and O–H groups in total. The summed E-state index contributed by atoms with van der Waals surface area (Å²) in [5.74, 6) is 1.76. The van der Waals surface area contributed by atoms with E-state index in [2.05, 4.69) is 36.9 Å². The third-order valence-corrected chi connectivity index (χ3v) is 4.03. The van der Waals surface area contributed by atoms with Gasteiger partial charge in [0.2, 0.25) is 0 Å². The number of imidazole rings is 1. The van der Waals surface area contributed by atoms with Crippen molar-refractivity contribution in [3.05, 3.63) is 23.1 Å². The van der Waals surface area contributed by atoms with Gasteiger partial charge in [0.15, 0.2) is 5.82 Å². The Labute approximate surface area is 114 Å². The van der Waals surface area contributed by atoms with Crippen molar-refractivity contribution < 1.29 is 0 Å². The van der Waals surface area contributed by atoms with E-state index in [9.17, 15) is 0 Å². The number of H-pyrrole nitrogens is 1. The monoisotopic (exact) mass is 258 g/mol. The Bertz CT molecular complexity index is 579. The number of aromatic amines is 1. The van der Waals surface area contributed by atoms with Crippen LogP contribution in [0.15, 0.2) is 6.07 Å². The molecule has 2 aromatic heterocycles. The van der Waals surface area contributed by atoms with Crippen LogP contribution in [0, 0.1) is 5.92 Å². The van der Waals surface area contributed by atoms with Crippen molar-refractivity contribution in [3.63, 3.8) is 0 Å². The van der Waals surface area contributed by atoms with E-state index >= 15 is 0 Å². The van der Waals surface area contributed by atoms with E-state index in [1.807, 2.05) is 4.68 Å². The van der Waals surface area contributed by atoms with Crippen molar-refractivity contribution in [2.75, 3.05) is 0 Å². The average Bonchev–Trinajstić information content (AvgIpc) is 3.00. The fourth-order valence-electron chi connectivity index (χ4n) is 2.85. The smallest absolute Gasteiger partial charge is 0.156 e. The van der Waals surface area contributed by atoms with Crippen molar-refractivity contribution in [2.24, 2.45) is 5.92 Å². The number of fused-ring (bicyclic) bond motifs is 1. The van der Waals surface area contributed by atoms with Crippen LogP contribution in [0.1, 0.15) is 44.3 Å². The van der Waals surface area contributed by atoms with Gasteiger partial charge in [-0.2, -0.15) is 5.10 Å². The largest absolute Gasteiger partial charge is 0.340 e. The topological polar surface area (TPSA) is 46.5 Å². The first kappa shape index (κ1) is 12.5. The minimum absolute atomic E-state index is 0.767. The Hall–Kier alpha value is -1.58. The van der Waals surface area contributed by atoms with E-state index in [0.29, 0.717) is 0 Å². The fraction of sp³-hybridized carbons (Fsp3) is 0.600. The molecular formula is C15H22N4. The predicted molar refractivity (Wildman–Crippen MR) is 76.0 cm³/mol. The van der Waals surface area contributed by atoms with Crippen LogP contribution in [0.4, 0.5) is 0 Å². The second-order valence-electron chi connectivity index (χ2n) is 5.55. The number of aryl methyl sites for hydroxylation is 3. The molecule has 2 aromatic rings. The lowest BCUT2D eigenvalue weighted by atomic mass is 9.92. The quantitative estimate of drug-likeness (QED) is 0.920.